The summed E-state index contributed by atoms with van der Waals surface area (Å²) in [7, 11) is 3.16. The van der Waals surface area contributed by atoms with E-state index in [4.69, 9.17) is 5.11 Å². The third-order valence-electron chi connectivity index (χ3n) is 2.25. The van der Waals surface area contributed by atoms with E-state index >= 15 is 0 Å². The first kappa shape index (κ1) is 12.9. The van der Waals surface area contributed by atoms with E-state index in [1.54, 1.807) is 7.05 Å². The second kappa shape index (κ2) is 5.28. The number of carbonyl (C=O) groups excluding carboxylic acids is 1. The van der Waals surface area contributed by atoms with Crippen LogP contribution in [0.2, 0.25) is 0 Å². The lowest BCUT2D eigenvalue weighted by atomic mass is 10.2. The van der Waals surface area contributed by atoms with E-state index in [0.717, 1.165) is 0 Å². The smallest absolute Gasteiger partial charge is 0.323 e. The second-order valence-corrected chi connectivity index (χ2v) is 3.76. The highest BCUT2D eigenvalue weighted by Gasteiger charge is 2.18. The van der Waals surface area contributed by atoms with E-state index in [1.165, 1.54) is 29.9 Å². The summed E-state index contributed by atoms with van der Waals surface area (Å²) in [6.45, 7) is 1.66. The monoisotopic (exact) mass is 241 g/mol. The first-order valence-corrected chi connectivity index (χ1v) is 5.00. The number of hydrogen-bond donors (Lipinski definition) is 2. The summed E-state index contributed by atoms with van der Waals surface area (Å²) in [6, 6.07) is -0.422. The molecule has 0 saturated heterocycles. The van der Waals surface area contributed by atoms with Crippen molar-refractivity contribution in [3.05, 3.63) is 6.33 Å². The molecule has 2 amide bonds. The molecule has 0 aliphatic heterocycles. The number of nitrogens with one attached hydrogen (secondary N) is 1. The lowest BCUT2D eigenvalue weighted by Crippen LogP contribution is -2.37. The molecular formula is C9H15N5O3. The fourth-order valence-corrected chi connectivity index (χ4v) is 1.17. The maximum absolute atomic E-state index is 11.7. The van der Waals surface area contributed by atoms with Gasteiger partial charge in [0.1, 0.15) is 6.33 Å². The van der Waals surface area contributed by atoms with Gasteiger partial charge < -0.3 is 10.0 Å². The summed E-state index contributed by atoms with van der Waals surface area (Å²) >= 11 is 0. The minimum absolute atomic E-state index is 0.124. The molecule has 0 aliphatic carbocycles. The molecule has 94 valence electrons. The Kier molecular flexibility index (Phi) is 4.02. The van der Waals surface area contributed by atoms with Crippen LogP contribution in [0.5, 0.6) is 0 Å². The molecule has 0 aromatic carbocycles. The summed E-state index contributed by atoms with van der Waals surface area (Å²) in [6.07, 6.45) is 1.31. The standard InChI is InChI=1S/C9H15N5O3/c1-6(7(15)16)4-13(2)9(17)12-8-10-5-11-14(8)3/h5-6H,4H2,1-3H3,(H,15,16)(H,10,11,12,17). The summed E-state index contributed by atoms with van der Waals surface area (Å²) < 4.78 is 1.41. The molecule has 0 bridgehead atoms. The van der Waals surface area contributed by atoms with Crippen LogP contribution < -0.4 is 5.32 Å². The Bertz CT molecular complexity index is 417. The highest BCUT2D eigenvalue weighted by Crippen LogP contribution is 2.03. The average molecular weight is 241 g/mol. The third-order valence-corrected chi connectivity index (χ3v) is 2.25. The molecule has 1 rings (SSSR count). The van der Waals surface area contributed by atoms with Gasteiger partial charge in [-0.1, -0.05) is 6.92 Å². The average Bonchev–Trinajstić information content (AvgIpc) is 2.64. The van der Waals surface area contributed by atoms with E-state index in [0.29, 0.717) is 5.95 Å². The number of carboxylic acid groups (broad SMARTS) is 1. The number of nitrogens with zero attached hydrogens (tertiary/aromatic N) is 4. The van der Waals surface area contributed by atoms with Gasteiger partial charge in [-0.3, -0.25) is 10.1 Å². The van der Waals surface area contributed by atoms with Crippen molar-refractivity contribution < 1.29 is 14.7 Å². The van der Waals surface area contributed by atoms with Crippen LogP contribution in [0.3, 0.4) is 0 Å². The number of rotatable bonds is 4. The second-order valence-electron chi connectivity index (χ2n) is 3.76. The van der Waals surface area contributed by atoms with E-state index in [2.05, 4.69) is 15.4 Å². The lowest BCUT2D eigenvalue weighted by molar-refractivity contribution is -0.141. The number of carbonyl (C=O) groups is 2. The van der Waals surface area contributed by atoms with E-state index in [9.17, 15) is 9.59 Å². The predicted octanol–water partition coefficient (Wildman–Crippen LogP) is -0.000500. The molecule has 1 atom stereocenters. The fraction of sp³-hybridized carbons (Fsp3) is 0.556. The van der Waals surface area contributed by atoms with Gasteiger partial charge in [-0.15, -0.1) is 0 Å². The van der Waals surface area contributed by atoms with Gasteiger partial charge in [-0.25, -0.2) is 9.48 Å². The third kappa shape index (κ3) is 3.44. The lowest BCUT2D eigenvalue weighted by Gasteiger charge is -2.19. The van der Waals surface area contributed by atoms with E-state index in [-0.39, 0.29) is 6.54 Å². The summed E-state index contributed by atoms with van der Waals surface area (Å²) in [5, 5.41) is 15.0. The minimum atomic E-state index is -0.941. The van der Waals surface area contributed by atoms with E-state index in [1.807, 2.05) is 0 Å². The maximum Gasteiger partial charge on any atom is 0.323 e. The number of carboxylic acids is 1. The quantitative estimate of drug-likeness (QED) is 0.772. The molecule has 1 aromatic rings. The first-order chi connectivity index (χ1) is 7.91. The van der Waals surface area contributed by atoms with Crippen molar-refractivity contribution in [1.82, 2.24) is 19.7 Å². The van der Waals surface area contributed by atoms with Crippen LogP contribution in [0.15, 0.2) is 6.33 Å². The Morgan fingerprint density at radius 1 is 1.65 bits per heavy atom. The highest BCUT2D eigenvalue weighted by molar-refractivity contribution is 5.87. The molecule has 1 unspecified atom stereocenters. The number of aryl methyl sites for hydroxylation is 1. The summed E-state index contributed by atoms with van der Waals surface area (Å²) in [4.78, 5) is 27.4. The molecule has 0 radical (unpaired) electrons. The molecule has 1 aromatic heterocycles. The van der Waals surface area contributed by atoms with Crippen LogP contribution in [0.4, 0.5) is 10.7 Å². The molecule has 17 heavy (non-hydrogen) atoms. The number of aliphatic carboxylic acids is 1. The van der Waals surface area contributed by atoms with Crippen molar-refractivity contribution in [2.75, 3.05) is 18.9 Å². The Hall–Kier alpha value is -2.12. The Labute approximate surface area is 98.2 Å². The molecule has 0 aliphatic rings. The number of anilines is 1. The van der Waals surface area contributed by atoms with Gasteiger partial charge >= 0.3 is 12.0 Å². The number of urea groups is 1. The molecule has 8 nitrogen and oxygen atoms in total. The topological polar surface area (TPSA) is 100 Å². The van der Waals surface area contributed by atoms with Gasteiger partial charge in [0.25, 0.3) is 0 Å². The van der Waals surface area contributed by atoms with Gasteiger partial charge in [0.2, 0.25) is 5.95 Å². The van der Waals surface area contributed by atoms with Crippen LogP contribution in [0.1, 0.15) is 6.92 Å². The van der Waals surface area contributed by atoms with Gasteiger partial charge in [0.05, 0.1) is 5.92 Å². The minimum Gasteiger partial charge on any atom is -0.481 e. The Balaban J connectivity index is 2.53. The molecule has 1 heterocycles. The number of amides is 2. The van der Waals surface area contributed by atoms with Crippen molar-refractivity contribution in [3.8, 4) is 0 Å². The fourth-order valence-electron chi connectivity index (χ4n) is 1.17. The molecule has 0 spiro atoms. The van der Waals surface area contributed by atoms with Crippen molar-refractivity contribution in [3.63, 3.8) is 0 Å². The van der Waals surface area contributed by atoms with Crippen LogP contribution in [-0.4, -0.2) is 50.4 Å². The van der Waals surface area contributed by atoms with Gasteiger partial charge in [0.15, 0.2) is 0 Å². The maximum atomic E-state index is 11.7. The molecule has 0 fully saturated rings. The van der Waals surface area contributed by atoms with E-state index < -0.39 is 17.9 Å². The predicted molar refractivity (Wildman–Crippen MR) is 59.5 cm³/mol. The van der Waals surface area contributed by atoms with Gasteiger partial charge in [-0.2, -0.15) is 10.1 Å². The highest BCUT2D eigenvalue weighted by atomic mass is 16.4. The van der Waals surface area contributed by atoms with Gasteiger partial charge in [0, 0.05) is 20.6 Å². The van der Waals surface area contributed by atoms with Crippen molar-refractivity contribution in [1.29, 1.82) is 0 Å². The van der Waals surface area contributed by atoms with Crippen LogP contribution in [0.25, 0.3) is 0 Å². The summed E-state index contributed by atoms with van der Waals surface area (Å²) in [5.41, 5.74) is 0. The van der Waals surface area contributed by atoms with Crippen molar-refractivity contribution in [2.24, 2.45) is 13.0 Å². The van der Waals surface area contributed by atoms with Crippen LogP contribution in [0, 0.1) is 5.92 Å². The Morgan fingerprint density at radius 2 is 2.29 bits per heavy atom. The SMILES string of the molecule is CC(CN(C)C(=O)Nc1ncnn1C)C(=O)O. The largest absolute Gasteiger partial charge is 0.481 e. The first-order valence-electron chi connectivity index (χ1n) is 5.00. The van der Waals surface area contributed by atoms with Crippen molar-refractivity contribution in [2.45, 2.75) is 6.92 Å². The molecule has 0 saturated carbocycles. The Morgan fingerprint density at radius 3 is 2.76 bits per heavy atom. The number of hydrogen-bond acceptors (Lipinski definition) is 4. The summed E-state index contributed by atoms with van der Waals surface area (Å²) in [5.74, 6) is -1.25. The van der Waals surface area contributed by atoms with Crippen molar-refractivity contribution >= 4 is 17.9 Å². The zero-order valence-corrected chi connectivity index (χ0v) is 9.91. The van der Waals surface area contributed by atoms with Gasteiger partial charge in [-0.05, 0) is 0 Å². The molecule has 8 heteroatoms. The zero-order chi connectivity index (χ0) is 13.0. The molecular weight excluding hydrogens is 226 g/mol. The van der Waals surface area contributed by atoms with Crippen LogP contribution in [-0.2, 0) is 11.8 Å². The zero-order valence-electron chi connectivity index (χ0n) is 9.91. The molecule has 2 N–H and O–H groups in total. The number of aromatic nitrogens is 3. The normalized spacial score (nSPS) is 11.9. The van der Waals surface area contributed by atoms with Crippen LogP contribution >= 0.6 is 0 Å².